The molecule has 3 unspecified atom stereocenters. The number of aliphatic hydroxyl groups excluding tert-OH is 1. The van der Waals surface area contributed by atoms with Crippen LogP contribution in [-0.4, -0.2) is 47.1 Å². The Kier molecular flexibility index (Phi) is 3.14. The minimum atomic E-state index is -0.236. The van der Waals surface area contributed by atoms with Crippen LogP contribution in [0.15, 0.2) is 18.3 Å². The van der Waals surface area contributed by atoms with Crippen molar-refractivity contribution in [2.45, 2.75) is 18.9 Å². The van der Waals surface area contributed by atoms with Gasteiger partial charge < -0.3 is 15.3 Å². The molecular weight excluding hydrogens is 242 g/mol. The first kappa shape index (κ1) is 12.4. The molecule has 3 rings (SSSR count). The molecule has 102 valence electrons. The van der Waals surface area contributed by atoms with E-state index in [1.54, 1.807) is 25.4 Å². The molecule has 0 radical (unpaired) electrons. The summed E-state index contributed by atoms with van der Waals surface area (Å²) in [5, 5.41) is 12.9. The van der Waals surface area contributed by atoms with Gasteiger partial charge >= 0.3 is 0 Å². The number of pyridine rings is 1. The average Bonchev–Trinajstić information content (AvgIpc) is 3.00. The van der Waals surface area contributed by atoms with Gasteiger partial charge in [0.25, 0.3) is 5.91 Å². The van der Waals surface area contributed by atoms with Crippen LogP contribution in [0, 0.1) is 11.8 Å². The van der Waals surface area contributed by atoms with Crippen LogP contribution in [0.1, 0.15) is 23.2 Å². The number of hydrogen-bond acceptors (Lipinski definition) is 4. The summed E-state index contributed by atoms with van der Waals surface area (Å²) in [6.45, 7) is 1.43. The number of fused-ring (bicyclic) bond motifs is 1. The quantitative estimate of drug-likeness (QED) is 0.832. The van der Waals surface area contributed by atoms with Crippen molar-refractivity contribution in [1.82, 2.24) is 9.88 Å². The molecule has 1 aliphatic carbocycles. The number of aliphatic hydroxyl groups is 1. The van der Waals surface area contributed by atoms with E-state index in [4.69, 9.17) is 0 Å². The predicted molar refractivity (Wildman–Crippen MR) is 71.9 cm³/mol. The van der Waals surface area contributed by atoms with Gasteiger partial charge in [-0.25, -0.2) is 4.98 Å². The number of carbonyl (C=O) groups is 1. The van der Waals surface area contributed by atoms with Crippen LogP contribution in [0.2, 0.25) is 0 Å². The minimum Gasteiger partial charge on any atom is -0.393 e. The summed E-state index contributed by atoms with van der Waals surface area (Å²) < 4.78 is 0. The summed E-state index contributed by atoms with van der Waals surface area (Å²) >= 11 is 0. The lowest BCUT2D eigenvalue weighted by atomic mass is 10.00. The van der Waals surface area contributed by atoms with Gasteiger partial charge in [-0.05, 0) is 30.9 Å². The molecule has 2 aliphatic rings. The normalized spacial score (nSPS) is 29.4. The molecule has 1 aromatic heterocycles. The fourth-order valence-electron chi connectivity index (χ4n) is 3.35. The summed E-state index contributed by atoms with van der Waals surface area (Å²) in [5.41, 5.74) is 0.611. The highest BCUT2D eigenvalue weighted by atomic mass is 16.3. The zero-order chi connectivity index (χ0) is 13.4. The largest absolute Gasteiger partial charge is 0.393 e. The van der Waals surface area contributed by atoms with Crippen molar-refractivity contribution >= 4 is 11.7 Å². The summed E-state index contributed by atoms with van der Waals surface area (Å²) in [6.07, 6.45) is 3.35. The van der Waals surface area contributed by atoms with Gasteiger partial charge in [0.2, 0.25) is 0 Å². The molecule has 1 aliphatic heterocycles. The van der Waals surface area contributed by atoms with Crippen LogP contribution in [0.4, 0.5) is 5.82 Å². The molecule has 3 atom stereocenters. The van der Waals surface area contributed by atoms with Gasteiger partial charge in [0.05, 0.1) is 11.7 Å². The number of rotatable bonds is 2. The van der Waals surface area contributed by atoms with Crippen molar-refractivity contribution in [2.75, 3.05) is 25.5 Å². The smallest absolute Gasteiger partial charge is 0.257 e. The molecule has 5 nitrogen and oxygen atoms in total. The molecule has 1 saturated heterocycles. The van der Waals surface area contributed by atoms with E-state index in [1.807, 2.05) is 4.90 Å². The standard InChI is InChI=1S/C14H19N3O2/c1-15-13-10(3-2-6-16-13)14(19)17-7-9-4-5-12(18)11(9)8-17/h2-3,6,9,11-12,18H,4-5,7-8H2,1H3,(H,15,16). The maximum atomic E-state index is 12.5. The van der Waals surface area contributed by atoms with Gasteiger partial charge in [-0.2, -0.15) is 0 Å². The SMILES string of the molecule is CNc1ncccc1C(=O)N1CC2CCC(O)C2C1. The average molecular weight is 261 g/mol. The number of hydrogen-bond donors (Lipinski definition) is 2. The third-order valence-electron chi connectivity index (χ3n) is 4.38. The second-order valence-corrected chi connectivity index (χ2v) is 5.43. The van der Waals surface area contributed by atoms with Crippen LogP contribution in [0.5, 0.6) is 0 Å². The molecule has 2 heterocycles. The molecule has 1 amide bonds. The Balaban J connectivity index is 1.78. The summed E-state index contributed by atoms with van der Waals surface area (Å²) in [7, 11) is 1.77. The monoisotopic (exact) mass is 261 g/mol. The molecular formula is C14H19N3O2. The molecule has 2 N–H and O–H groups in total. The fourth-order valence-corrected chi connectivity index (χ4v) is 3.35. The molecule has 1 saturated carbocycles. The number of likely N-dealkylation sites (tertiary alicyclic amines) is 1. The van der Waals surface area contributed by atoms with E-state index in [9.17, 15) is 9.90 Å². The highest BCUT2D eigenvalue weighted by molar-refractivity contribution is 5.98. The number of nitrogens with one attached hydrogen (secondary N) is 1. The Morgan fingerprint density at radius 1 is 1.47 bits per heavy atom. The number of nitrogens with zero attached hydrogens (tertiary/aromatic N) is 2. The molecule has 0 spiro atoms. The van der Waals surface area contributed by atoms with Gasteiger partial charge in [0.1, 0.15) is 5.82 Å². The van der Waals surface area contributed by atoms with Crippen molar-refractivity contribution in [3.8, 4) is 0 Å². The minimum absolute atomic E-state index is 0.0130. The lowest BCUT2D eigenvalue weighted by Gasteiger charge is -2.19. The Morgan fingerprint density at radius 2 is 2.32 bits per heavy atom. The topological polar surface area (TPSA) is 65.5 Å². The molecule has 5 heteroatoms. The zero-order valence-electron chi connectivity index (χ0n) is 11.0. The first-order chi connectivity index (χ1) is 9.20. The Morgan fingerprint density at radius 3 is 3.05 bits per heavy atom. The summed E-state index contributed by atoms with van der Waals surface area (Å²) in [6, 6.07) is 3.57. The van der Waals surface area contributed by atoms with Crippen molar-refractivity contribution in [2.24, 2.45) is 11.8 Å². The summed E-state index contributed by atoms with van der Waals surface area (Å²) in [5.74, 6) is 1.36. The van der Waals surface area contributed by atoms with Crippen molar-refractivity contribution in [3.05, 3.63) is 23.9 Å². The second-order valence-electron chi connectivity index (χ2n) is 5.43. The van der Waals surface area contributed by atoms with E-state index < -0.39 is 0 Å². The van der Waals surface area contributed by atoms with E-state index in [2.05, 4.69) is 10.3 Å². The number of aromatic nitrogens is 1. The zero-order valence-corrected chi connectivity index (χ0v) is 11.0. The van der Waals surface area contributed by atoms with Crippen LogP contribution < -0.4 is 5.32 Å². The maximum Gasteiger partial charge on any atom is 0.257 e. The fraction of sp³-hybridized carbons (Fsp3) is 0.571. The third-order valence-corrected chi connectivity index (χ3v) is 4.38. The molecule has 0 aromatic carbocycles. The van der Waals surface area contributed by atoms with Gasteiger partial charge in [-0.3, -0.25) is 4.79 Å². The Hall–Kier alpha value is -1.62. The highest BCUT2D eigenvalue weighted by Gasteiger charge is 2.43. The lowest BCUT2D eigenvalue weighted by molar-refractivity contribution is 0.0753. The van der Waals surface area contributed by atoms with Crippen LogP contribution in [0.3, 0.4) is 0 Å². The number of anilines is 1. The number of amides is 1. The Bertz CT molecular complexity index is 491. The first-order valence-electron chi connectivity index (χ1n) is 6.81. The van der Waals surface area contributed by atoms with Gasteiger partial charge in [-0.15, -0.1) is 0 Å². The van der Waals surface area contributed by atoms with Gasteiger partial charge in [-0.1, -0.05) is 0 Å². The van der Waals surface area contributed by atoms with Crippen LogP contribution in [-0.2, 0) is 0 Å². The van der Waals surface area contributed by atoms with Crippen LogP contribution >= 0.6 is 0 Å². The molecule has 2 fully saturated rings. The van der Waals surface area contributed by atoms with Gasteiger partial charge in [0.15, 0.2) is 0 Å². The molecule has 1 aromatic rings. The van der Waals surface area contributed by atoms with Crippen LogP contribution in [0.25, 0.3) is 0 Å². The third kappa shape index (κ3) is 2.08. The first-order valence-corrected chi connectivity index (χ1v) is 6.81. The van der Waals surface area contributed by atoms with Gasteiger partial charge in [0, 0.05) is 32.3 Å². The van der Waals surface area contributed by atoms with E-state index in [1.165, 1.54) is 0 Å². The number of carbonyl (C=O) groups excluding carboxylic acids is 1. The van der Waals surface area contributed by atoms with Crippen molar-refractivity contribution in [1.29, 1.82) is 0 Å². The van der Waals surface area contributed by atoms with E-state index >= 15 is 0 Å². The summed E-state index contributed by atoms with van der Waals surface area (Å²) in [4.78, 5) is 18.6. The van der Waals surface area contributed by atoms with Crippen molar-refractivity contribution in [3.63, 3.8) is 0 Å². The molecule has 0 bridgehead atoms. The van der Waals surface area contributed by atoms with E-state index in [-0.39, 0.29) is 17.9 Å². The maximum absolute atomic E-state index is 12.5. The van der Waals surface area contributed by atoms with E-state index in [0.29, 0.717) is 23.8 Å². The highest BCUT2D eigenvalue weighted by Crippen LogP contribution is 2.38. The van der Waals surface area contributed by atoms with Crippen molar-refractivity contribution < 1.29 is 9.90 Å². The lowest BCUT2D eigenvalue weighted by Crippen LogP contribution is -2.31. The predicted octanol–water partition coefficient (Wildman–Crippen LogP) is 0.966. The van der Waals surface area contributed by atoms with E-state index in [0.717, 1.165) is 19.4 Å². The Labute approximate surface area is 112 Å². The second kappa shape index (κ2) is 4.81. The molecule has 19 heavy (non-hydrogen) atoms.